The number of hydrogen-bond acceptors (Lipinski definition) is 3. The molecular weight excluding hydrogens is 254 g/mol. The third kappa shape index (κ3) is 2.18. The minimum Gasteiger partial charge on any atom is -0.327 e. The van der Waals surface area contributed by atoms with Gasteiger partial charge in [0.2, 0.25) is 0 Å². The van der Waals surface area contributed by atoms with Gasteiger partial charge in [0.25, 0.3) is 5.91 Å². The van der Waals surface area contributed by atoms with Crippen LogP contribution in [0.4, 0.5) is 0 Å². The van der Waals surface area contributed by atoms with Gasteiger partial charge in [-0.05, 0) is 25.5 Å². The Morgan fingerprint density at radius 2 is 1.90 bits per heavy atom. The van der Waals surface area contributed by atoms with Crippen molar-refractivity contribution in [1.82, 2.24) is 4.90 Å². The van der Waals surface area contributed by atoms with Crippen LogP contribution in [0.25, 0.3) is 0 Å². The minimum absolute atomic E-state index is 0.155. The normalized spacial score (nSPS) is 17.2. The number of fused-ring (bicyclic) bond motifs is 1. The Bertz CT molecular complexity index is 577. The van der Waals surface area contributed by atoms with Crippen molar-refractivity contribution in [3.05, 3.63) is 48.0 Å². The topological polar surface area (TPSA) is 54.5 Å². The molecule has 4 heteroatoms. The number of benzene rings is 1. The standard InChI is InChI=1S/C16H17NO3/c1-4-9-17-15(14(10(2)18)11(3)19)12-7-5-6-8-13(12)16(17)20/h4-8,14-15H,1,9H2,2-3H3. The Balaban J connectivity index is 2.57. The zero-order valence-electron chi connectivity index (χ0n) is 11.6. The molecule has 0 saturated carbocycles. The van der Waals surface area contributed by atoms with Crippen molar-refractivity contribution in [3.8, 4) is 0 Å². The van der Waals surface area contributed by atoms with Gasteiger partial charge in [-0.15, -0.1) is 6.58 Å². The smallest absolute Gasteiger partial charge is 0.255 e. The molecule has 4 nitrogen and oxygen atoms in total. The van der Waals surface area contributed by atoms with Crippen LogP contribution >= 0.6 is 0 Å². The Morgan fingerprint density at radius 3 is 2.45 bits per heavy atom. The molecule has 0 radical (unpaired) electrons. The average molecular weight is 271 g/mol. The lowest BCUT2D eigenvalue weighted by Crippen LogP contribution is -2.38. The molecule has 0 saturated heterocycles. The highest BCUT2D eigenvalue weighted by Crippen LogP contribution is 2.39. The molecule has 1 aromatic carbocycles. The largest absolute Gasteiger partial charge is 0.327 e. The number of nitrogens with zero attached hydrogens (tertiary/aromatic N) is 1. The molecule has 1 aromatic rings. The van der Waals surface area contributed by atoms with E-state index in [-0.39, 0.29) is 17.5 Å². The fraction of sp³-hybridized carbons (Fsp3) is 0.312. The molecule has 0 bridgehead atoms. The maximum atomic E-state index is 12.4. The number of ketones is 2. The van der Waals surface area contributed by atoms with Crippen LogP contribution in [0.3, 0.4) is 0 Å². The van der Waals surface area contributed by atoms with E-state index >= 15 is 0 Å². The number of Topliss-reactive ketones (excluding diaryl/α,β-unsaturated/α-hetero) is 2. The van der Waals surface area contributed by atoms with Gasteiger partial charge in [0, 0.05) is 12.1 Å². The van der Waals surface area contributed by atoms with E-state index in [9.17, 15) is 14.4 Å². The van der Waals surface area contributed by atoms with Crippen LogP contribution in [0, 0.1) is 5.92 Å². The molecule has 1 unspecified atom stereocenters. The Morgan fingerprint density at radius 1 is 1.30 bits per heavy atom. The van der Waals surface area contributed by atoms with Crippen molar-refractivity contribution in [2.24, 2.45) is 5.92 Å². The van der Waals surface area contributed by atoms with Gasteiger partial charge in [-0.2, -0.15) is 0 Å². The maximum Gasteiger partial charge on any atom is 0.255 e. The number of amides is 1. The lowest BCUT2D eigenvalue weighted by atomic mass is 9.87. The van der Waals surface area contributed by atoms with Gasteiger partial charge in [-0.25, -0.2) is 0 Å². The Hall–Kier alpha value is -2.23. The summed E-state index contributed by atoms with van der Waals surface area (Å²) < 4.78 is 0. The molecule has 0 N–H and O–H groups in total. The van der Waals surface area contributed by atoms with E-state index in [1.54, 1.807) is 29.2 Å². The van der Waals surface area contributed by atoms with Gasteiger partial charge >= 0.3 is 0 Å². The van der Waals surface area contributed by atoms with Crippen molar-refractivity contribution in [1.29, 1.82) is 0 Å². The van der Waals surface area contributed by atoms with Gasteiger partial charge in [0.1, 0.15) is 17.5 Å². The van der Waals surface area contributed by atoms with Crippen molar-refractivity contribution < 1.29 is 14.4 Å². The van der Waals surface area contributed by atoms with Crippen LogP contribution in [-0.4, -0.2) is 28.9 Å². The van der Waals surface area contributed by atoms with Gasteiger partial charge in [0.05, 0.1) is 6.04 Å². The molecule has 1 heterocycles. The molecule has 2 rings (SSSR count). The molecule has 104 valence electrons. The second-order valence-corrected chi connectivity index (χ2v) is 4.98. The highest BCUT2D eigenvalue weighted by molar-refractivity contribution is 6.05. The first-order valence-corrected chi connectivity index (χ1v) is 6.50. The summed E-state index contributed by atoms with van der Waals surface area (Å²) in [7, 11) is 0. The lowest BCUT2D eigenvalue weighted by Gasteiger charge is -2.28. The average Bonchev–Trinajstić information content (AvgIpc) is 2.65. The SMILES string of the molecule is C=CCN1C(=O)c2ccccc2C1C(C(C)=O)C(C)=O. The van der Waals surface area contributed by atoms with Crippen LogP contribution in [-0.2, 0) is 9.59 Å². The van der Waals surface area contributed by atoms with E-state index in [1.807, 2.05) is 6.07 Å². The Kier molecular flexibility index (Phi) is 3.84. The summed E-state index contributed by atoms with van der Waals surface area (Å²) in [6.07, 6.45) is 1.61. The maximum absolute atomic E-state index is 12.4. The van der Waals surface area contributed by atoms with Crippen molar-refractivity contribution in [3.63, 3.8) is 0 Å². The van der Waals surface area contributed by atoms with Crippen molar-refractivity contribution >= 4 is 17.5 Å². The van der Waals surface area contributed by atoms with E-state index in [4.69, 9.17) is 0 Å². The van der Waals surface area contributed by atoms with Crippen LogP contribution in [0.2, 0.25) is 0 Å². The number of carbonyl (C=O) groups excluding carboxylic acids is 3. The van der Waals surface area contributed by atoms with Gasteiger partial charge in [-0.3, -0.25) is 14.4 Å². The van der Waals surface area contributed by atoms with Crippen LogP contribution in [0.15, 0.2) is 36.9 Å². The van der Waals surface area contributed by atoms with Crippen molar-refractivity contribution in [2.45, 2.75) is 19.9 Å². The fourth-order valence-electron chi connectivity index (χ4n) is 2.82. The van der Waals surface area contributed by atoms with E-state index in [1.165, 1.54) is 13.8 Å². The third-order valence-electron chi connectivity index (χ3n) is 3.62. The van der Waals surface area contributed by atoms with Crippen LogP contribution in [0.5, 0.6) is 0 Å². The zero-order chi connectivity index (χ0) is 14.9. The van der Waals surface area contributed by atoms with Gasteiger partial charge in [0.15, 0.2) is 0 Å². The molecule has 0 spiro atoms. The quantitative estimate of drug-likeness (QED) is 0.609. The monoisotopic (exact) mass is 271 g/mol. The van der Waals surface area contributed by atoms with E-state index in [0.29, 0.717) is 12.1 Å². The summed E-state index contributed by atoms with van der Waals surface area (Å²) >= 11 is 0. The third-order valence-corrected chi connectivity index (χ3v) is 3.62. The second kappa shape index (κ2) is 5.41. The molecule has 0 fully saturated rings. The predicted octanol–water partition coefficient (Wildman–Crippen LogP) is 2.16. The number of carbonyl (C=O) groups is 3. The number of rotatable bonds is 5. The number of hydrogen-bond donors (Lipinski definition) is 0. The summed E-state index contributed by atoms with van der Waals surface area (Å²) in [4.78, 5) is 37.7. The molecular formula is C16H17NO3. The second-order valence-electron chi connectivity index (χ2n) is 4.98. The molecule has 20 heavy (non-hydrogen) atoms. The Labute approximate surface area is 118 Å². The van der Waals surface area contributed by atoms with Gasteiger partial charge < -0.3 is 4.90 Å². The van der Waals surface area contributed by atoms with E-state index < -0.39 is 12.0 Å². The van der Waals surface area contributed by atoms with Gasteiger partial charge in [-0.1, -0.05) is 24.3 Å². The van der Waals surface area contributed by atoms with E-state index in [0.717, 1.165) is 5.56 Å². The van der Waals surface area contributed by atoms with E-state index in [2.05, 4.69) is 6.58 Å². The lowest BCUT2D eigenvalue weighted by molar-refractivity contribution is -0.132. The fourth-order valence-corrected chi connectivity index (χ4v) is 2.82. The van der Waals surface area contributed by atoms with Crippen LogP contribution in [0.1, 0.15) is 35.8 Å². The first kappa shape index (κ1) is 14.2. The summed E-state index contributed by atoms with van der Waals surface area (Å²) in [5, 5.41) is 0. The molecule has 1 aliphatic heterocycles. The summed E-state index contributed by atoms with van der Waals surface area (Å²) in [5.74, 6) is -1.41. The van der Waals surface area contributed by atoms with Crippen molar-refractivity contribution in [2.75, 3.05) is 6.54 Å². The molecule has 0 aromatic heterocycles. The molecule has 1 amide bonds. The zero-order valence-corrected chi connectivity index (χ0v) is 11.6. The molecule has 1 atom stereocenters. The molecule has 0 aliphatic carbocycles. The summed E-state index contributed by atoms with van der Waals surface area (Å²) in [6.45, 7) is 6.74. The molecule has 1 aliphatic rings. The van der Waals surface area contributed by atoms with Crippen LogP contribution < -0.4 is 0 Å². The summed E-state index contributed by atoms with van der Waals surface area (Å²) in [5.41, 5.74) is 1.31. The first-order chi connectivity index (χ1) is 9.49. The predicted molar refractivity (Wildman–Crippen MR) is 75.3 cm³/mol. The minimum atomic E-state index is -0.817. The highest BCUT2D eigenvalue weighted by Gasteiger charge is 2.43. The first-order valence-electron chi connectivity index (χ1n) is 6.50. The highest BCUT2D eigenvalue weighted by atomic mass is 16.2. The summed E-state index contributed by atoms with van der Waals surface area (Å²) in [6, 6.07) is 6.60.